The van der Waals surface area contributed by atoms with Gasteiger partial charge < -0.3 is 18.9 Å². The van der Waals surface area contributed by atoms with Crippen LogP contribution in [-0.4, -0.2) is 38.4 Å². The first kappa shape index (κ1) is 19.4. The minimum Gasteiger partial charge on any atom is -0.496 e. The zero-order valence-electron chi connectivity index (χ0n) is 14.8. The molecule has 27 heavy (non-hydrogen) atoms. The van der Waals surface area contributed by atoms with Crippen LogP contribution < -0.4 is 9.47 Å². The van der Waals surface area contributed by atoms with Gasteiger partial charge in [0.1, 0.15) is 18.1 Å². The van der Waals surface area contributed by atoms with Crippen molar-refractivity contribution in [2.75, 3.05) is 20.3 Å². The van der Waals surface area contributed by atoms with Crippen LogP contribution >= 0.6 is 15.9 Å². The van der Waals surface area contributed by atoms with E-state index >= 15 is 0 Å². The normalized spacial score (nSPS) is 16.0. The monoisotopic (exact) mass is 434 g/mol. The van der Waals surface area contributed by atoms with Crippen LogP contribution in [0.4, 0.5) is 0 Å². The summed E-state index contributed by atoms with van der Waals surface area (Å²) < 4.78 is 21.9. The molecule has 0 aromatic heterocycles. The Labute approximate surface area is 165 Å². The Kier molecular flexibility index (Phi) is 6.47. The van der Waals surface area contributed by atoms with Gasteiger partial charge in [-0.25, -0.2) is 9.59 Å². The van der Waals surface area contributed by atoms with E-state index in [1.54, 1.807) is 43.5 Å². The number of ether oxygens (including phenoxy) is 4. The fourth-order valence-electron chi connectivity index (χ4n) is 2.67. The lowest BCUT2D eigenvalue weighted by molar-refractivity contribution is 0.0161. The highest BCUT2D eigenvalue weighted by molar-refractivity contribution is 9.10. The molecule has 0 amide bonds. The van der Waals surface area contributed by atoms with Crippen LogP contribution in [-0.2, 0) is 9.47 Å². The van der Waals surface area contributed by atoms with Crippen molar-refractivity contribution in [3.05, 3.63) is 58.1 Å². The number of benzene rings is 2. The van der Waals surface area contributed by atoms with E-state index < -0.39 is 11.9 Å². The second-order valence-electron chi connectivity index (χ2n) is 6.00. The van der Waals surface area contributed by atoms with Crippen molar-refractivity contribution in [1.82, 2.24) is 0 Å². The zero-order chi connectivity index (χ0) is 19.2. The minimum absolute atomic E-state index is 0.0384. The molecule has 0 aliphatic carbocycles. The molecule has 1 saturated heterocycles. The van der Waals surface area contributed by atoms with Gasteiger partial charge >= 0.3 is 11.9 Å². The van der Waals surface area contributed by atoms with Crippen molar-refractivity contribution in [2.45, 2.75) is 18.9 Å². The summed E-state index contributed by atoms with van der Waals surface area (Å²) in [6.07, 6.45) is 1.83. The molecule has 6 nitrogen and oxygen atoms in total. The van der Waals surface area contributed by atoms with Crippen molar-refractivity contribution in [2.24, 2.45) is 0 Å². The maximum absolute atomic E-state index is 12.3. The fraction of sp³-hybridized carbons (Fsp3) is 0.300. The van der Waals surface area contributed by atoms with Crippen LogP contribution in [0.5, 0.6) is 11.5 Å². The van der Waals surface area contributed by atoms with Crippen molar-refractivity contribution in [3.63, 3.8) is 0 Å². The van der Waals surface area contributed by atoms with Gasteiger partial charge in [0.15, 0.2) is 0 Å². The van der Waals surface area contributed by atoms with Gasteiger partial charge in [-0.2, -0.15) is 0 Å². The van der Waals surface area contributed by atoms with Crippen molar-refractivity contribution >= 4 is 27.9 Å². The molecule has 1 aliphatic heterocycles. The first-order valence-electron chi connectivity index (χ1n) is 8.51. The number of carbonyl (C=O) groups is 2. The highest BCUT2D eigenvalue weighted by atomic mass is 79.9. The molecule has 0 bridgehead atoms. The average molecular weight is 435 g/mol. The number of rotatable bonds is 6. The van der Waals surface area contributed by atoms with E-state index in [0.29, 0.717) is 28.0 Å². The van der Waals surface area contributed by atoms with Crippen molar-refractivity contribution in [3.8, 4) is 11.5 Å². The Hall–Kier alpha value is -2.38. The maximum atomic E-state index is 12.3. The van der Waals surface area contributed by atoms with Gasteiger partial charge in [-0.15, -0.1) is 0 Å². The molecule has 1 unspecified atom stereocenters. The van der Waals surface area contributed by atoms with Gasteiger partial charge in [0.2, 0.25) is 0 Å². The Morgan fingerprint density at radius 3 is 2.67 bits per heavy atom. The molecule has 7 heteroatoms. The third-order valence-electron chi connectivity index (χ3n) is 4.09. The van der Waals surface area contributed by atoms with Crippen molar-refractivity contribution < 1.29 is 28.5 Å². The quantitative estimate of drug-likeness (QED) is 0.505. The number of methoxy groups -OCH3 is 1. The summed E-state index contributed by atoms with van der Waals surface area (Å²) in [6.45, 7) is 0.928. The largest absolute Gasteiger partial charge is 0.496 e. The highest BCUT2D eigenvalue weighted by Gasteiger charge is 2.19. The van der Waals surface area contributed by atoms with Gasteiger partial charge in [0, 0.05) is 6.61 Å². The summed E-state index contributed by atoms with van der Waals surface area (Å²) >= 11 is 3.33. The second kappa shape index (κ2) is 9.01. The van der Waals surface area contributed by atoms with Crippen LogP contribution in [0.15, 0.2) is 46.9 Å². The minimum atomic E-state index is -0.539. The SMILES string of the molecule is COc1ccc(C(=O)Oc2cccc(C(=O)OCC3CCCO3)c2)cc1Br. The van der Waals surface area contributed by atoms with Crippen LogP contribution in [0.25, 0.3) is 0 Å². The van der Waals surface area contributed by atoms with E-state index in [1.807, 2.05) is 0 Å². The number of carbonyl (C=O) groups excluding carboxylic acids is 2. The van der Waals surface area contributed by atoms with Crippen LogP contribution in [0, 0.1) is 0 Å². The number of hydrogen-bond donors (Lipinski definition) is 0. The summed E-state index contributed by atoms with van der Waals surface area (Å²) in [5.41, 5.74) is 0.670. The first-order chi connectivity index (χ1) is 13.1. The van der Waals surface area contributed by atoms with Crippen LogP contribution in [0.2, 0.25) is 0 Å². The third-order valence-corrected chi connectivity index (χ3v) is 4.71. The van der Waals surface area contributed by atoms with Gasteiger partial charge in [-0.05, 0) is 65.2 Å². The maximum Gasteiger partial charge on any atom is 0.343 e. The summed E-state index contributed by atoms with van der Waals surface area (Å²) in [4.78, 5) is 24.5. The predicted octanol–water partition coefficient (Wildman–Crippen LogP) is 4.01. The Balaban J connectivity index is 1.63. The topological polar surface area (TPSA) is 71.1 Å². The molecule has 2 aromatic carbocycles. The van der Waals surface area contributed by atoms with Gasteiger partial charge in [-0.3, -0.25) is 0 Å². The van der Waals surface area contributed by atoms with Gasteiger partial charge in [-0.1, -0.05) is 6.07 Å². The van der Waals surface area contributed by atoms with E-state index in [0.717, 1.165) is 12.8 Å². The van der Waals surface area contributed by atoms with Gasteiger partial charge in [0.25, 0.3) is 0 Å². The lowest BCUT2D eigenvalue weighted by Gasteiger charge is -2.11. The second-order valence-corrected chi connectivity index (χ2v) is 6.85. The molecule has 0 saturated carbocycles. The fourth-order valence-corrected chi connectivity index (χ4v) is 3.21. The summed E-state index contributed by atoms with van der Waals surface area (Å²) in [5.74, 6) is -0.139. The summed E-state index contributed by atoms with van der Waals surface area (Å²) in [5, 5.41) is 0. The van der Waals surface area contributed by atoms with Crippen LogP contribution in [0.1, 0.15) is 33.6 Å². The molecule has 0 radical (unpaired) electrons. The molecule has 142 valence electrons. The van der Waals surface area contributed by atoms with Crippen molar-refractivity contribution in [1.29, 1.82) is 0 Å². The van der Waals surface area contributed by atoms with E-state index in [-0.39, 0.29) is 18.5 Å². The Morgan fingerprint density at radius 2 is 1.96 bits per heavy atom. The zero-order valence-corrected chi connectivity index (χ0v) is 16.4. The third kappa shape index (κ3) is 5.08. The smallest absolute Gasteiger partial charge is 0.343 e. The van der Waals surface area contributed by atoms with E-state index in [4.69, 9.17) is 18.9 Å². The molecule has 3 rings (SSSR count). The molecule has 1 heterocycles. The standard InChI is InChI=1S/C20H19BrO6/c1-24-18-8-7-14(11-17(18)21)20(23)27-15-5-2-4-13(10-15)19(22)26-12-16-6-3-9-25-16/h2,4-5,7-8,10-11,16H,3,6,9,12H2,1H3. The van der Waals surface area contributed by atoms with E-state index in [2.05, 4.69) is 15.9 Å². The van der Waals surface area contributed by atoms with E-state index in [1.165, 1.54) is 6.07 Å². The van der Waals surface area contributed by atoms with Crippen LogP contribution in [0.3, 0.4) is 0 Å². The molecule has 2 aromatic rings. The molecule has 0 N–H and O–H groups in total. The number of hydrogen-bond acceptors (Lipinski definition) is 6. The highest BCUT2D eigenvalue weighted by Crippen LogP contribution is 2.26. The molecule has 1 atom stereocenters. The van der Waals surface area contributed by atoms with Gasteiger partial charge in [0.05, 0.1) is 28.8 Å². The van der Waals surface area contributed by atoms with E-state index in [9.17, 15) is 9.59 Å². The lowest BCUT2D eigenvalue weighted by atomic mass is 10.2. The first-order valence-corrected chi connectivity index (χ1v) is 9.30. The molecular weight excluding hydrogens is 416 g/mol. The Morgan fingerprint density at radius 1 is 1.15 bits per heavy atom. The predicted molar refractivity (Wildman–Crippen MR) is 101 cm³/mol. The summed E-state index contributed by atoms with van der Waals surface area (Å²) in [7, 11) is 1.54. The average Bonchev–Trinajstić information content (AvgIpc) is 3.20. The lowest BCUT2D eigenvalue weighted by Crippen LogP contribution is -2.18. The molecule has 1 fully saturated rings. The molecule has 0 spiro atoms. The Bertz CT molecular complexity index is 829. The molecule has 1 aliphatic rings. The number of halogens is 1. The number of esters is 2. The molecular formula is C20H19BrO6. The summed E-state index contributed by atoms with van der Waals surface area (Å²) in [6, 6.07) is 11.2.